The summed E-state index contributed by atoms with van der Waals surface area (Å²) in [5.74, 6) is 0.666. The van der Waals surface area contributed by atoms with Gasteiger partial charge in [0.1, 0.15) is 0 Å². The van der Waals surface area contributed by atoms with Crippen molar-refractivity contribution in [1.82, 2.24) is 0 Å². The highest BCUT2D eigenvalue weighted by Gasteiger charge is 2.34. The van der Waals surface area contributed by atoms with Gasteiger partial charge in [0.05, 0.1) is 12.1 Å². The van der Waals surface area contributed by atoms with Crippen LogP contribution in [-0.2, 0) is 6.42 Å². The van der Waals surface area contributed by atoms with Gasteiger partial charge in [-0.2, -0.15) is 0 Å². The van der Waals surface area contributed by atoms with Crippen LogP contribution in [0.2, 0.25) is 0 Å². The number of fused-ring (bicyclic) bond motifs is 1. The zero-order chi connectivity index (χ0) is 11.8. The molecule has 2 unspecified atom stereocenters. The molecule has 1 aliphatic heterocycles. The standard InChI is InChI=1S/C15H21NO/c1-10-6-7-13-12(8-10)9-14(17)15(16-13)11-4-2-3-5-11/h6-8,11,14-17H,2-5,9H2,1H3. The molecule has 1 heterocycles. The summed E-state index contributed by atoms with van der Waals surface area (Å²) in [6.45, 7) is 2.11. The SMILES string of the molecule is Cc1ccc2c(c1)CC(O)C(C1CCCC1)N2. The monoisotopic (exact) mass is 231 g/mol. The van der Waals surface area contributed by atoms with Crippen molar-refractivity contribution in [3.8, 4) is 0 Å². The molecule has 2 atom stereocenters. The van der Waals surface area contributed by atoms with E-state index in [-0.39, 0.29) is 12.1 Å². The lowest BCUT2D eigenvalue weighted by atomic mass is 9.86. The predicted octanol–water partition coefficient (Wildman–Crippen LogP) is 2.88. The van der Waals surface area contributed by atoms with Crippen molar-refractivity contribution in [3.05, 3.63) is 29.3 Å². The number of aliphatic hydroxyl groups excluding tert-OH is 1. The third-order valence-corrected chi connectivity index (χ3v) is 4.33. The van der Waals surface area contributed by atoms with E-state index in [0.29, 0.717) is 5.92 Å². The first-order valence-electron chi connectivity index (χ1n) is 6.78. The van der Waals surface area contributed by atoms with Crippen LogP contribution in [0.3, 0.4) is 0 Å². The minimum Gasteiger partial charge on any atom is -0.391 e. The van der Waals surface area contributed by atoms with Crippen molar-refractivity contribution < 1.29 is 5.11 Å². The fraction of sp³-hybridized carbons (Fsp3) is 0.600. The number of nitrogens with one attached hydrogen (secondary N) is 1. The first-order valence-corrected chi connectivity index (χ1v) is 6.78. The summed E-state index contributed by atoms with van der Waals surface area (Å²) in [6.07, 6.45) is 5.80. The molecule has 1 aromatic rings. The molecule has 2 N–H and O–H groups in total. The van der Waals surface area contributed by atoms with Gasteiger partial charge in [-0.05, 0) is 37.3 Å². The molecule has 1 fully saturated rings. The Labute approximate surface area is 103 Å². The Balaban J connectivity index is 1.84. The summed E-state index contributed by atoms with van der Waals surface area (Å²) < 4.78 is 0. The van der Waals surface area contributed by atoms with Crippen LogP contribution in [0, 0.1) is 12.8 Å². The largest absolute Gasteiger partial charge is 0.391 e. The molecule has 2 heteroatoms. The van der Waals surface area contributed by atoms with E-state index in [2.05, 4.69) is 30.4 Å². The quantitative estimate of drug-likeness (QED) is 0.779. The Bertz CT molecular complexity index is 409. The van der Waals surface area contributed by atoms with Gasteiger partial charge in [0.15, 0.2) is 0 Å². The van der Waals surface area contributed by atoms with Crippen molar-refractivity contribution in [3.63, 3.8) is 0 Å². The van der Waals surface area contributed by atoms with Crippen LogP contribution in [-0.4, -0.2) is 17.3 Å². The molecule has 0 spiro atoms. The Morgan fingerprint density at radius 1 is 1.24 bits per heavy atom. The summed E-state index contributed by atoms with van der Waals surface area (Å²) in [6, 6.07) is 6.78. The third-order valence-electron chi connectivity index (χ3n) is 4.33. The van der Waals surface area contributed by atoms with Crippen molar-refractivity contribution >= 4 is 5.69 Å². The summed E-state index contributed by atoms with van der Waals surface area (Å²) in [5.41, 5.74) is 3.78. The van der Waals surface area contributed by atoms with Crippen LogP contribution in [0.25, 0.3) is 0 Å². The lowest BCUT2D eigenvalue weighted by Gasteiger charge is -2.35. The molecule has 1 aromatic carbocycles. The van der Waals surface area contributed by atoms with Gasteiger partial charge in [0, 0.05) is 12.1 Å². The van der Waals surface area contributed by atoms with Gasteiger partial charge >= 0.3 is 0 Å². The van der Waals surface area contributed by atoms with E-state index in [0.717, 1.165) is 6.42 Å². The fourth-order valence-corrected chi connectivity index (χ4v) is 3.41. The Hall–Kier alpha value is -1.02. The topological polar surface area (TPSA) is 32.3 Å². The Morgan fingerprint density at radius 2 is 2.00 bits per heavy atom. The van der Waals surface area contributed by atoms with Gasteiger partial charge in [-0.1, -0.05) is 30.5 Å². The Kier molecular flexibility index (Phi) is 2.83. The van der Waals surface area contributed by atoms with Crippen LogP contribution in [0.4, 0.5) is 5.69 Å². The minimum absolute atomic E-state index is 0.215. The van der Waals surface area contributed by atoms with Crippen LogP contribution < -0.4 is 5.32 Å². The number of rotatable bonds is 1. The molecule has 0 saturated heterocycles. The van der Waals surface area contributed by atoms with E-state index in [4.69, 9.17) is 0 Å². The average Bonchev–Trinajstić information content (AvgIpc) is 2.81. The van der Waals surface area contributed by atoms with E-state index in [9.17, 15) is 5.11 Å². The molecule has 92 valence electrons. The second-order valence-electron chi connectivity index (χ2n) is 5.65. The third kappa shape index (κ3) is 2.06. The molecule has 0 bridgehead atoms. The lowest BCUT2D eigenvalue weighted by Crippen LogP contribution is -2.43. The second kappa shape index (κ2) is 4.34. The first-order chi connectivity index (χ1) is 8.24. The highest BCUT2D eigenvalue weighted by Crippen LogP contribution is 2.35. The van der Waals surface area contributed by atoms with Crippen molar-refractivity contribution in [2.75, 3.05) is 5.32 Å². The van der Waals surface area contributed by atoms with Gasteiger partial charge in [-0.3, -0.25) is 0 Å². The molecule has 3 rings (SSSR count). The van der Waals surface area contributed by atoms with E-state index in [1.165, 1.54) is 42.5 Å². The Morgan fingerprint density at radius 3 is 2.76 bits per heavy atom. The van der Waals surface area contributed by atoms with E-state index in [1.807, 2.05) is 0 Å². The van der Waals surface area contributed by atoms with Crippen molar-refractivity contribution in [1.29, 1.82) is 0 Å². The normalized spacial score (nSPS) is 28.8. The molecular formula is C15H21NO. The average molecular weight is 231 g/mol. The molecular weight excluding hydrogens is 210 g/mol. The predicted molar refractivity (Wildman–Crippen MR) is 70.3 cm³/mol. The lowest BCUT2D eigenvalue weighted by molar-refractivity contribution is 0.122. The van der Waals surface area contributed by atoms with Crippen LogP contribution in [0.5, 0.6) is 0 Å². The molecule has 0 amide bonds. The van der Waals surface area contributed by atoms with E-state index < -0.39 is 0 Å². The number of benzene rings is 1. The van der Waals surface area contributed by atoms with Gasteiger partial charge in [0.2, 0.25) is 0 Å². The number of anilines is 1. The minimum atomic E-state index is -0.215. The zero-order valence-corrected chi connectivity index (χ0v) is 10.4. The fourth-order valence-electron chi connectivity index (χ4n) is 3.41. The van der Waals surface area contributed by atoms with Crippen LogP contribution in [0.15, 0.2) is 18.2 Å². The number of aliphatic hydroxyl groups is 1. The molecule has 1 saturated carbocycles. The molecule has 0 radical (unpaired) electrons. The number of aryl methyl sites for hydroxylation is 1. The smallest absolute Gasteiger partial charge is 0.0784 e. The number of hydrogen-bond acceptors (Lipinski definition) is 2. The number of hydrogen-bond donors (Lipinski definition) is 2. The summed E-state index contributed by atoms with van der Waals surface area (Å²) in [4.78, 5) is 0. The van der Waals surface area contributed by atoms with Gasteiger partial charge in [-0.15, -0.1) is 0 Å². The van der Waals surface area contributed by atoms with Gasteiger partial charge in [0.25, 0.3) is 0 Å². The van der Waals surface area contributed by atoms with Crippen LogP contribution in [0.1, 0.15) is 36.8 Å². The highest BCUT2D eigenvalue weighted by molar-refractivity contribution is 5.56. The maximum atomic E-state index is 10.3. The van der Waals surface area contributed by atoms with E-state index >= 15 is 0 Å². The van der Waals surface area contributed by atoms with Crippen LogP contribution >= 0.6 is 0 Å². The molecule has 1 aliphatic carbocycles. The van der Waals surface area contributed by atoms with E-state index in [1.54, 1.807) is 0 Å². The second-order valence-corrected chi connectivity index (χ2v) is 5.65. The molecule has 2 nitrogen and oxygen atoms in total. The maximum absolute atomic E-state index is 10.3. The van der Waals surface area contributed by atoms with Crippen molar-refractivity contribution in [2.24, 2.45) is 5.92 Å². The van der Waals surface area contributed by atoms with Crippen molar-refractivity contribution in [2.45, 2.75) is 51.2 Å². The molecule has 2 aliphatic rings. The maximum Gasteiger partial charge on any atom is 0.0784 e. The molecule has 0 aromatic heterocycles. The molecule has 17 heavy (non-hydrogen) atoms. The first kappa shape index (κ1) is 11.1. The highest BCUT2D eigenvalue weighted by atomic mass is 16.3. The van der Waals surface area contributed by atoms with Gasteiger partial charge in [-0.25, -0.2) is 0 Å². The summed E-state index contributed by atoms with van der Waals surface area (Å²) >= 11 is 0. The summed E-state index contributed by atoms with van der Waals surface area (Å²) in [5, 5.41) is 13.9. The zero-order valence-electron chi connectivity index (χ0n) is 10.4. The van der Waals surface area contributed by atoms with Gasteiger partial charge < -0.3 is 10.4 Å². The summed E-state index contributed by atoms with van der Waals surface area (Å²) in [7, 11) is 0.